The average molecular weight is 185 g/mol. The molecule has 1 aliphatic carbocycles. The highest BCUT2D eigenvalue weighted by Gasteiger charge is 2.31. The molecule has 2 nitrogen and oxygen atoms in total. The first kappa shape index (κ1) is 11.0. The maximum Gasteiger partial charge on any atom is 0.0431 e. The van der Waals surface area contributed by atoms with E-state index in [1.807, 2.05) is 0 Å². The van der Waals surface area contributed by atoms with E-state index in [0.29, 0.717) is 6.61 Å². The summed E-state index contributed by atoms with van der Waals surface area (Å²) < 4.78 is 0. The van der Waals surface area contributed by atoms with Crippen molar-refractivity contribution in [2.45, 2.75) is 39.0 Å². The maximum absolute atomic E-state index is 8.55. The molecule has 2 atom stereocenters. The summed E-state index contributed by atoms with van der Waals surface area (Å²) in [5, 5.41) is 12.0. The molecule has 1 saturated carbocycles. The third kappa shape index (κ3) is 5.27. The predicted octanol–water partition coefficient (Wildman–Crippen LogP) is 1.78. The van der Waals surface area contributed by atoms with Crippen LogP contribution in [0, 0.1) is 11.8 Å². The third-order valence-electron chi connectivity index (χ3n) is 2.97. The number of nitrogens with one attached hydrogen (secondary N) is 1. The molecule has 1 aliphatic rings. The standard InChI is InChI=1S/C11H23NO/c1-10-9-11(10)5-4-7-12-6-2-3-8-13/h10-13H,2-9H2,1H3. The largest absolute Gasteiger partial charge is 0.396 e. The summed E-state index contributed by atoms with van der Waals surface area (Å²) in [4.78, 5) is 0. The van der Waals surface area contributed by atoms with Gasteiger partial charge in [-0.2, -0.15) is 0 Å². The van der Waals surface area contributed by atoms with Gasteiger partial charge in [0, 0.05) is 6.61 Å². The van der Waals surface area contributed by atoms with Gasteiger partial charge >= 0.3 is 0 Å². The molecule has 0 aromatic carbocycles. The van der Waals surface area contributed by atoms with Gasteiger partial charge in [-0.25, -0.2) is 0 Å². The Morgan fingerprint density at radius 1 is 1.23 bits per heavy atom. The molecule has 0 amide bonds. The lowest BCUT2D eigenvalue weighted by atomic mass is 10.2. The molecule has 2 N–H and O–H groups in total. The van der Waals surface area contributed by atoms with Crippen LogP contribution < -0.4 is 5.32 Å². The topological polar surface area (TPSA) is 32.3 Å². The highest BCUT2D eigenvalue weighted by molar-refractivity contribution is 4.81. The molecule has 0 bridgehead atoms. The highest BCUT2D eigenvalue weighted by Crippen LogP contribution is 2.40. The van der Waals surface area contributed by atoms with E-state index in [2.05, 4.69) is 12.2 Å². The number of rotatable bonds is 8. The lowest BCUT2D eigenvalue weighted by Gasteiger charge is -2.03. The Balaban J connectivity index is 1.69. The smallest absolute Gasteiger partial charge is 0.0431 e. The third-order valence-corrected chi connectivity index (χ3v) is 2.97. The molecular weight excluding hydrogens is 162 g/mol. The van der Waals surface area contributed by atoms with Crippen molar-refractivity contribution in [3.05, 3.63) is 0 Å². The zero-order chi connectivity index (χ0) is 9.52. The fraction of sp³-hybridized carbons (Fsp3) is 1.00. The fourth-order valence-electron chi connectivity index (χ4n) is 1.78. The monoisotopic (exact) mass is 185 g/mol. The van der Waals surface area contributed by atoms with Gasteiger partial charge in [-0.05, 0) is 57.0 Å². The molecule has 0 aromatic rings. The average Bonchev–Trinajstić information content (AvgIpc) is 2.81. The molecule has 0 aromatic heterocycles. The van der Waals surface area contributed by atoms with Crippen molar-refractivity contribution in [1.82, 2.24) is 5.32 Å². The first-order chi connectivity index (χ1) is 6.34. The Bertz CT molecular complexity index is 127. The second-order valence-electron chi connectivity index (χ2n) is 4.30. The van der Waals surface area contributed by atoms with E-state index in [9.17, 15) is 0 Å². The minimum Gasteiger partial charge on any atom is -0.396 e. The molecule has 0 saturated heterocycles. The van der Waals surface area contributed by atoms with Crippen LogP contribution in [0.1, 0.15) is 39.0 Å². The predicted molar refractivity (Wildman–Crippen MR) is 55.7 cm³/mol. The SMILES string of the molecule is CC1CC1CCCNCCCCO. The normalized spacial score (nSPS) is 26.3. The quantitative estimate of drug-likeness (QED) is 0.565. The highest BCUT2D eigenvalue weighted by atomic mass is 16.2. The second kappa shape index (κ2) is 6.39. The maximum atomic E-state index is 8.55. The van der Waals surface area contributed by atoms with Crippen LogP contribution >= 0.6 is 0 Å². The fourth-order valence-corrected chi connectivity index (χ4v) is 1.78. The summed E-state index contributed by atoms with van der Waals surface area (Å²) in [6.45, 7) is 4.91. The summed E-state index contributed by atoms with van der Waals surface area (Å²) in [5.41, 5.74) is 0. The first-order valence-corrected chi connectivity index (χ1v) is 5.66. The molecule has 2 unspecified atom stereocenters. The molecule has 0 radical (unpaired) electrons. The van der Waals surface area contributed by atoms with Crippen LogP contribution in [-0.4, -0.2) is 24.8 Å². The van der Waals surface area contributed by atoms with Gasteiger partial charge in [0.2, 0.25) is 0 Å². The van der Waals surface area contributed by atoms with E-state index in [1.54, 1.807) is 0 Å². The Labute approximate surface area is 81.7 Å². The summed E-state index contributed by atoms with van der Waals surface area (Å²) in [7, 11) is 0. The molecule has 0 aliphatic heterocycles. The lowest BCUT2D eigenvalue weighted by molar-refractivity contribution is 0.283. The molecule has 1 fully saturated rings. The van der Waals surface area contributed by atoms with Crippen molar-refractivity contribution in [3.8, 4) is 0 Å². The number of aliphatic hydroxyl groups is 1. The van der Waals surface area contributed by atoms with Crippen molar-refractivity contribution >= 4 is 0 Å². The Hall–Kier alpha value is -0.0800. The van der Waals surface area contributed by atoms with Gasteiger partial charge in [-0.15, -0.1) is 0 Å². The van der Waals surface area contributed by atoms with Gasteiger partial charge < -0.3 is 10.4 Å². The van der Waals surface area contributed by atoms with Crippen molar-refractivity contribution < 1.29 is 5.11 Å². The van der Waals surface area contributed by atoms with Crippen LogP contribution in [0.2, 0.25) is 0 Å². The molecule has 1 rings (SSSR count). The van der Waals surface area contributed by atoms with Crippen LogP contribution in [0.4, 0.5) is 0 Å². The van der Waals surface area contributed by atoms with E-state index in [4.69, 9.17) is 5.11 Å². The lowest BCUT2D eigenvalue weighted by Crippen LogP contribution is -2.17. The molecule has 0 spiro atoms. The molecular formula is C11H23NO. The summed E-state index contributed by atoms with van der Waals surface area (Å²) in [5.74, 6) is 2.05. The van der Waals surface area contributed by atoms with Crippen LogP contribution in [0.15, 0.2) is 0 Å². The van der Waals surface area contributed by atoms with Crippen molar-refractivity contribution in [2.75, 3.05) is 19.7 Å². The Morgan fingerprint density at radius 3 is 2.54 bits per heavy atom. The number of aliphatic hydroxyl groups excluding tert-OH is 1. The van der Waals surface area contributed by atoms with Crippen LogP contribution in [-0.2, 0) is 0 Å². The minimum absolute atomic E-state index is 0.335. The number of hydrogen-bond acceptors (Lipinski definition) is 2. The van der Waals surface area contributed by atoms with E-state index in [0.717, 1.165) is 37.8 Å². The van der Waals surface area contributed by atoms with Gasteiger partial charge in [0.15, 0.2) is 0 Å². The zero-order valence-electron chi connectivity index (χ0n) is 8.76. The zero-order valence-corrected chi connectivity index (χ0v) is 8.76. The van der Waals surface area contributed by atoms with Crippen molar-refractivity contribution in [1.29, 1.82) is 0 Å². The van der Waals surface area contributed by atoms with Crippen LogP contribution in [0.3, 0.4) is 0 Å². The molecule has 78 valence electrons. The first-order valence-electron chi connectivity index (χ1n) is 5.66. The number of hydrogen-bond donors (Lipinski definition) is 2. The van der Waals surface area contributed by atoms with Crippen LogP contribution in [0.5, 0.6) is 0 Å². The Morgan fingerprint density at radius 2 is 1.92 bits per heavy atom. The molecule has 13 heavy (non-hydrogen) atoms. The molecule has 2 heteroatoms. The van der Waals surface area contributed by atoms with Gasteiger partial charge in [0.05, 0.1) is 0 Å². The van der Waals surface area contributed by atoms with Gasteiger partial charge in [0.1, 0.15) is 0 Å². The molecule has 0 heterocycles. The summed E-state index contributed by atoms with van der Waals surface area (Å²) >= 11 is 0. The van der Waals surface area contributed by atoms with Gasteiger partial charge in [0.25, 0.3) is 0 Å². The van der Waals surface area contributed by atoms with E-state index in [-0.39, 0.29) is 0 Å². The summed E-state index contributed by atoms with van der Waals surface area (Å²) in [6.07, 6.45) is 6.25. The summed E-state index contributed by atoms with van der Waals surface area (Å²) in [6, 6.07) is 0. The van der Waals surface area contributed by atoms with Gasteiger partial charge in [-0.3, -0.25) is 0 Å². The van der Waals surface area contributed by atoms with Crippen molar-refractivity contribution in [2.24, 2.45) is 11.8 Å². The number of unbranched alkanes of at least 4 members (excludes halogenated alkanes) is 1. The second-order valence-corrected chi connectivity index (χ2v) is 4.30. The van der Waals surface area contributed by atoms with E-state index < -0.39 is 0 Å². The van der Waals surface area contributed by atoms with Crippen LogP contribution in [0.25, 0.3) is 0 Å². The van der Waals surface area contributed by atoms with Crippen molar-refractivity contribution in [3.63, 3.8) is 0 Å². The van der Waals surface area contributed by atoms with E-state index >= 15 is 0 Å². The minimum atomic E-state index is 0.335. The Kier molecular flexibility index (Phi) is 5.40. The van der Waals surface area contributed by atoms with E-state index in [1.165, 1.54) is 19.3 Å². The van der Waals surface area contributed by atoms with Gasteiger partial charge in [-0.1, -0.05) is 6.92 Å².